The van der Waals surface area contributed by atoms with Crippen LogP contribution in [0.4, 0.5) is 0 Å². The van der Waals surface area contributed by atoms with E-state index in [1.54, 1.807) is 23.4 Å². The third-order valence-corrected chi connectivity index (χ3v) is 4.97. The lowest BCUT2D eigenvalue weighted by Crippen LogP contribution is -2.66. The van der Waals surface area contributed by atoms with Gasteiger partial charge in [0.1, 0.15) is 5.60 Å². The number of hydrogen-bond donors (Lipinski definition) is 0. The summed E-state index contributed by atoms with van der Waals surface area (Å²) >= 11 is 0. The van der Waals surface area contributed by atoms with E-state index in [9.17, 15) is 4.79 Å². The minimum absolute atomic E-state index is 0.0209. The molecule has 0 N–H and O–H groups in total. The molecular formula is C18H20N4O3. The van der Waals surface area contributed by atoms with Crippen LogP contribution in [-0.4, -0.2) is 57.9 Å². The Kier molecular flexibility index (Phi) is 4.42. The Hall–Kier alpha value is -2.38. The fourth-order valence-electron chi connectivity index (χ4n) is 3.51. The normalized spacial score (nSPS) is 21.3. The Morgan fingerprint density at radius 1 is 1.24 bits per heavy atom. The van der Waals surface area contributed by atoms with Gasteiger partial charge >= 0.3 is 0 Å². The summed E-state index contributed by atoms with van der Waals surface area (Å²) in [6.07, 6.45) is 7.53. The molecule has 0 aliphatic carbocycles. The van der Waals surface area contributed by atoms with Crippen LogP contribution in [0, 0.1) is 5.92 Å². The topological polar surface area (TPSA) is 77.4 Å². The SMILES string of the molecule is O=C(c1ccnnc1)N1CC2(C1)OCC[C@H]2COCc1ccncc1. The highest BCUT2D eigenvalue weighted by Crippen LogP contribution is 2.40. The molecule has 1 amide bonds. The molecule has 2 aliphatic heterocycles. The van der Waals surface area contributed by atoms with Crippen molar-refractivity contribution in [2.75, 3.05) is 26.3 Å². The predicted molar refractivity (Wildman–Crippen MR) is 88.6 cm³/mol. The molecule has 7 heteroatoms. The zero-order valence-corrected chi connectivity index (χ0v) is 13.9. The molecule has 2 fully saturated rings. The molecule has 0 bridgehead atoms. The fraction of sp³-hybridized carbons (Fsp3) is 0.444. The van der Waals surface area contributed by atoms with Gasteiger partial charge in [-0.2, -0.15) is 10.2 Å². The summed E-state index contributed by atoms with van der Waals surface area (Å²) < 4.78 is 11.9. The van der Waals surface area contributed by atoms with Gasteiger partial charge in [-0.05, 0) is 30.2 Å². The van der Waals surface area contributed by atoms with E-state index in [0.29, 0.717) is 37.8 Å². The van der Waals surface area contributed by atoms with Crippen molar-refractivity contribution in [3.63, 3.8) is 0 Å². The maximum Gasteiger partial charge on any atom is 0.255 e. The van der Waals surface area contributed by atoms with Gasteiger partial charge in [-0.25, -0.2) is 0 Å². The summed E-state index contributed by atoms with van der Waals surface area (Å²) in [6.45, 7) is 3.15. The molecule has 1 atom stereocenters. The molecule has 0 saturated carbocycles. The lowest BCUT2D eigenvalue weighted by Gasteiger charge is -2.50. The second kappa shape index (κ2) is 6.85. The van der Waals surface area contributed by atoms with Crippen LogP contribution < -0.4 is 0 Å². The van der Waals surface area contributed by atoms with Gasteiger partial charge in [-0.15, -0.1) is 0 Å². The number of carbonyl (C=O) groups is 1. The van der Waals surface area contributed by atoms with E-state index in [-0.39, 0.29) is 11.5 Å². The van der Waals surface area contributed by atoms with Crippen LogP contribution in [0.2, 0.25) is 0 Å². The lowest BCUT2D eigenvalue weighted by atomic mass is 9.81. The highest BCUT2D eigenvalue weighted by Gasteiger charge is 2.54. The van der Waals surface area contributed by atoms with Crippen LogP contribution in [0.15, 0.2) is 43.0 Å². The summed E-state index contributed by atoms with van der Waals surface area (Å²) in [6, 6.07) is 5.59. The van der Waals surface area contributed by atoms with E-state index in [1.807, 2.05) is 12.1 Å². The van der Waals surface area contributed by atoms with Gasteiger partial charge in [0.15, 0.2) is 0 Å². The van der Waals surface area contributed by atoms with Crippen molar-refractivity contribution in [3.05, 3.63) is 54.1 Å². The van der Waals surface area contributed by atoms with Crippen LogP contribution in [0.25, 0.3) is 0 Å². The van der Waals surface area contributed by atoms with E-state index < -0.39 is 0 Å². The molecule has 25 heavy (non-hydrogen) atoms. The first kappa shape index (κ1) is 16.1. The average molecular weight is 340 g/mol. The zero-order chi connectivity index (χ0) is 17.1. The average Bonchev–Trinajstić information content (AvgIpc) is 3.05. The van der Waals surface area contributed by atoms with E-state index >= 15 is 0 Å². The number of likely N-dealkylation sites (tertiary alicyclic amines) is 1. The van der Waals surface area contributed by atoms with Crippen LogP contribution in [0.3, 0.4) is 0 Å². The summed E-state index contributed by atoms with van der Waals surface area (Å²) in [5.41, 5.74) is 1.42. The predicted octanol–water partition coefficient (Wildman–Crippen LogP) is 1.32. The molecular weight excluding hydrogens is 320 g/mol. The third-order valence-electron chi connectivity index (χ3n) is 4.97. The molecule has 2 aliphatic rings. The van der Waals surface area contributed by atoms with Gasteiger partial charge in [-0.3, -0.25) is 9.78 Å². The van der Waals surface area contributed by atoms with Gasteiger partial charge in [0, 0.05) is 24.9 Å². The monoisotopic (exact) mass is 340 g/mol. The second-order valence-corrected chi connectivity index (χ2v) is 6.56. The molecule has 1 spiro atoms. The molecule has 2 aromatic rings. The van der Waals surface area contributed by atoms with Gasteiger partial charge in [0.25, 0.3) is 5.91 Å². The van der Waals surface area contributed by atoms with E-state index in [1.165, 1.54) is 12.4 Å². The van der Waals surface area contributed by atoms with Crippen molar-refractivity contribution >= 4 is 5.91 Å². The summed E-state index contributed by atoms with van der Waals surface area (Å²) in [5, 5.41) is 7.47. The van der Waals surface area contributed by atoms with Gasteiger partial charge in [-0.1, -0.05) is 0 Å². The first-order valence-corrected chi connectivity index (χ1v) is 8.43. The fourth-order valence-corrected chi connectivity index (χ4v) is 3.51. The Bertz CT molecular complexity index is 720. The molecule has 2 aromatic heterocycles. The van der Waals surface area contributed by atoms with Crippen molar-refractivity contribution in [3.8, 4) is 0 Å². The van der Waals surface area contributed by atoms with Crippen LogP contribution in [0.1, 0.15) is 22.3 Å². The molecule has 130 valence electrons. The number of hydrogen-bond acceptors (Lipinski definition) is 6. The second-order valence-electron chi connectivity index (χ2n) is 6.56. The first-order valence-electron chi connectivity index (χ1n) is 8.43. The molecule has 7 nitrogen and oxygen atoms in total. The lowest BCUT2D eigenvalue weighted by molar-refractivity contribution is -0.129. The quantitative estimate of drug-likeness (QED) is 0.817. The van der Waals surface area contributed by atoms with E-state index in [4.69, 9.17) is 9.47 Å². The largest absolute Gasteiger partial charge is 0.376 e. The number of amides is 1. The molecule has 4 heterocycles. The standard InChI is InChI=1S/C18H20N4O3/c23-17(15-3-7-20-21-9-15)22-12-18(13-22)16(4-8-25-18)11-24-10-14-1-5-19-6-2-14/h1-3,5-7,9,16H,4,8,10-13H2/t16-/m0/s1. The van der Waals surface area contributed by atoms with Gasteiger partial charge in [0.05, 0.1) is 44.3 Å². The number of ether oxygens (including phenoxy) is 2. The smallest absolute Gasteiger partial charge is 0.255 e. The Morgan fingerprint density at radius 3 is 2.84 bits per heavy atom. The van der Waals surface area contributed by atoms with Crippen molar-refractivity contribution in [2.24, 2.45) is 5.92 Å². The van der Waals surface area contributed by atoms with Crippen molar-refractivity contribution in [1.82, 2.24) is 20.1 Å². The van der Waals surface area contributed by atoms with Crippen molar-refractivity contribution < 1.29 is 14.3 Å². The number of rotatable bonds is 5. The number of nitrogens with zero attached hydrogens (tertiary/aromatic N) is 4. The van der Waals surface area contributed by atoms with E-state index in [0.717, 1.165) is 18.6 Å². The molecule has 4 rings (SSSR count). The number of aromatic nitrogens is 3. The minimum atomic E-state index is -0.256. The Labute approximate surface area is 146 Å². The summed E-state index contributed by atoms with van der Waals surface area (Å²) in [4.78, 5) is 18.2. The van der Waals surface area contributed by atoms with Gasteiger partial charge < -0.3 is 14.4 Å². The van der Waals surface area contributed by atoms with Crippen LogP contribution in [-0.2, 0) is 16.1 Å². The molecule has 0 radical (unpaired) electrons. The maximum absolute atomic E-state index is 12.4. The first-order chi connectivity index (χ1) is 12.3. The van der Waals surface area contributed by atoms with Crippen LogP contribution in [0.5, 0.6) is 0 Å². The van der Waals surface area contributed by atoms with Crippen LogP contribution >= 0.6 is 0 Å². The van der Waals surface area contributed by atoms with Gasteiger partial charge in [0.2, 0.25) is 0 Å². The highest BCUT2D eigenvalue weighted by molar-refractivity contribution is 5.94. The van der Waals surface area contributed by atoms with Crippen molar-refractivity contribution in [2.45, 2.75) is 18.6 Å². The third kappa shape index (κ3) is 3.25. The number of carbonyl (C=O) groups excluding carboxylic acids is 1. The maximum atomic E-state index is 12.4. The Balaban J connectivity index is 1.31. The summed E-state index contributed by atoms with van der Waals surface area (Å²) in [7, 11) is 0. The minimum Gasteiger partial charge on any atom is -0.376 e. The number of pyridine rings is 1. The zero-order valence-electron chi connectivity index (χ0n) is 13.9. The summed E-state index contributed by atoms with van der Waals surface area (Å²) in [5.74, 6) is 0.293. The van der Waals surface area contributed by atoms with E-state index in [2.05, 4.69) is 15.2 Å². The molecule has 0 unspecified atom stereocenters. The van der Waals surface area contributed by atoms with Crippen molar-refractivity contribution in [1.29, 1.82) is 0 Å². The molecule has 2 saturated heterocycles. The Morgan fingerprint density at radius 2 is 2.08 bits per heavy atom. The molecule has 0 aromatic carbocycles. The highest BCUT2D eigenvalue weighted by atomic mass is 16.5.